The van der Waals surface area contributed by atoms with Crippen molar-refractivity contribution in [3.8, 4) is 5.69 Å². The molecule has 2 heterocycles. The Kier molecular flexibility index (Phi) is 3.87. The normalized spacial score (nSPS) is 10.8. The Bertz CT molecular complexity index is 1040. The van der Waals surface area contributed by atoms with Crippen molar-refractivity contribution in [2.45, 2.75) is 0 Å². The number of nitrogens with zero attached hydrogens (tertiary/aromatic N) is 4. The number of aromatic nitrogens is 4. The van der Waals surface area contributed by atoms with E-state index in [9.17, 15) is 4.79 Å². The molecule has 0 atom stereocenters. The molecular weight excluding hydrogens is 338 g/mol. The Morgan fingerprint density at radius 1 is 0.960 bits per heavy atom. The third-order valence-corrected chi connectivity index (χ3v) is 3.85. The van der Waals surface area contributed by atoms with E-state index in [1.165, 1.54) is 4.80 Å². The maximum atomic E-state index is 12.2. The summed E-state index contributed by atoms with van der Waals surface area (Å²) in [6.45, 7) is 0. The average molecular weight is 350 g/mol. The highest BCUT2D eigenvalue weighted by molar-refractivity contribution is 6.30. The lowest BCUT2D eigenvalue weighted by molar-refractivity contribution is 0.102. The highest BCUT2D eigenvalue weighted by Gasteiger charge is 2.09. The summed E-state index contributed by atoms with van der Waals surface area (Å²) < 4.78 is 0. The molecule has 1 amide bonds. The molecule has 0 spiro atoms. The van der Waals surface area contributed by atoms with Gasteiger partial charge < -0.3 is 5.32 Å². The van der Waals surface area contributed by atoms with E-state index < -0.39 is 0 Å². The quantitative estimate of drug-likeness (QED) is 0.611. The molecule has 6 nitrogen and oxygen atoms in total. The van der Waals surface area contributed by atoms with Crippen molar-refractivity contribution in [3.63, 3.8) is 0 Å². The molecule has 0 aliphatic rings. The van der Waals surface area contributed by atoms with Crippen LogP contribution in [0.4, 0.5) is 5.69 Å². The first-order chi connectivity index (χ1) is 12.2. The van der Waals surface area contributed by atoms with Gasteiger partial charge >= 0.3 is 0 Å². The Labute approximate surface area is 148 Å². The zero-order valence-corrected chi connectivity index (χ0v) is 13.7. The lowest BCUT2D eigenvalue weighted by atomic mass is 10.2. The fourth-order valence-electron chi connectivity index (χ4n) is 2.37. The molecule has 1 N–H and O–H groups in total. The number of nitrogens with one attached hydrogen (secondary N) is 1. The maximum Gasteiger partial charge on any atom is 0.274 e. The van der Waals surface area contributed by atoms with E-state index in [4.69, 9.17) is 11.6 Å². The van der Waals surface area contributed by atoms with E-state index in [0.717, 1.165) is 11.2 Å². The number of fused-ring (bicyclic) bond motifs is 1. The maximum absolute atomic E-state index is 12.2. The molecule has 7 heteroatoms. The first-order valence-electron chi connectivity index (χ1n) is 7.54. The minimum Gasteiger partial charge on any atom is -0.321 e. The third-order valence-electron chi connectivity index (χ3n) is 3.59. The monoisotopic (exact) mass is 349 g/mol. The molecule has 0 aliphatic carbocycles. The van der Waals surface area contributed by atoms with Gasteiger partial charge in [0.05, 0.1) is 5.69 Å². The smallest absolute Gasteiger partial charge is 0.274 e. The second-order valence-corrected chi connectivity index (χ2v) is 5.77. The molecule has 0 unspecified atom stereocenters. The van der Waals surface area contributed by atoms with E-state index in [-0.39, 0.29) is 5.91 Å². The second kappa shape index (κ2) is 6.33. The molecule has 122 valence electrons. The summed E-state index contributed by atoms with van der Waals surface area (Å²) in [5, 5.41) is 12.3. The Morgan fingerprint density at radius 3 is 2.52 bits per heavy atom. The number of amides is 1. The molecular formula is C18H12ClN5O. The topological polar surface area (TPSA) is 72.7 Å². The van der Waals surface area contributed by atoms with E-state index in [1.807, 2.05) is 18.2 Å². The summed E-state index contributed by atoms with van der Waals surface area (Å²) in [7, 11) is 0. The van der Waals surface area contributed by atoms with E-state index in [2.05, 4.69) is 20.5 Å². The van der Waals surface area contributed by atoms with Crippen LogP contribution < -0.4 is 5.32 Å². The molecule has 4 aromatic rings. The fourth-order valence-corrected chi connectivity index (χ4v) is 2.50. The average Bonchev–Trinajstić information content (AvgIpc) is 3.06. The zero-order chi connectivity index (χ0) is 17.2. The number of halogens is 1. The van der Waals surface area contributed by atoms with Gasteiger partial charge in [-0.05, 0) is 54.6 Å². The van der Waals surface area contributed by atoms with Crippen LogP contribution in [0.3, 0.4) is 0 Å². The highest BCUT2D eigenvalue weighted by atomic mass is 35.5. The number of hydrogen-bond acceptors (Lipinski definition) is 4. The van der Waals surface area contributed by atoms with Gasteiger partial charge in [-0.2, -0.15) is 4.80 Å². The number of benzene rings is 2. The van der Waals surface area contributed by atoms with Crippen LogP contribution in [0.25, 0.3) is 16.7 Å². The molecule has 0 saturated heterocycles. The molecule has 0 saturated carbocycles. The largest absolute Gasteiger partial charge is 0.321 e. The van der Waals surface area contributed by atoms with Gasteiger partial charge in [-0.1, -0.05) is 17.7 Å². The van der Waals surface area contributed by atoms with Gasteiger partial charge in [-0.15, -0.1) is 10.2 Å². The molecule has 0 aliphatic heterocycles. The van der Waals surface area contributed by atoms with Crippen molar-refractivity contribution in [2.75, 3.05) is 5.32 Å². The van der Waals surface area contributed by atoms with Gasteiger partial charge in [-0.25, -0.2) is 0 Å². The van der Waals surface area contributed by atoms with Crippen LogP contribution in [0.1, 0.15) is 10.5 Å². The molecule has 25 heavy (non-hydrogen) atoms. The van der Waals surface area contributed by atoms with Crippen LogP contribution >= 0.6 is 11.6 Å². The number of carbonyl (C=O) groups is 1. The number of anilines is 1. The number of hydrogen-bond donors (Lipinski definition) is 1. The van der Waals surface area contributed by atoms with Gasteiger partial charge in [0.15, 0.2) is 0 Å². The summed E-state index contributed by atoms with van der Waals surface area (Å²) in [5.41, 5.74) is 3.19. The van der Waals surface area contributed by atoms with Crippen LogP contribution in [-0.4, -0.2) is 25.9 Å². The first-order valence-corrected chi connectivity index (χ1v) is 7.92. The molecule has 0 radical (unpaired) electrons. The minimum absolute atomic E-state index is 0.273. The standard InChI is InChI=1S/C18H12ClN5O/c19-12-4-7-14(8-5-12)24-22-15-9-6-13(11-17(15)23-24)21-18(25)16-3-1-2-10-20-16/h1-11H,(H,21,25). The number of rotatable bonds is 3. The fraction of sp³-hybridized carbons (Fsp3) is 0. The van der Waals surface area contributed by atoms with Gasteiger partial charge in [0.1, 0.15) is 16.7 Å². The van der Waals surface area contributed by atoms with E-state index in [0.29, 0.717) is 21.9 Å². The SMILES string of the molecule is O=C(Nc1ccc2nn(-c3ccc(Cl)cc3)nc2c1)c1ccccn1. The molecule has 2 aromatic carbocycles. The molecule has 0 bridgehead atoms. The van der Waals surface area contributed by atoms with Crippen molar-refractivity contribution >= 4 is 34.2 Å². The Hall–Kier alpha value is -3.25. The number of carbonyl (C=O) groups excluding carboxylic acids is 1. The lowest BCUT2D eigenvalue weighted by Crippen LogP contribution is -2.13. The van der Waals surface area contributed by atoms with Gasteiger partial charge in [0.2, 0.25) is 0 Å². The van der Waals surface area contributed by atoms with Crippen LogP contribution in [0.2, 0.25) is 5.02 Å². The van der Waals surface area contributed by atoms with E-state index in [1.54, 1.807) is 48.7 Å². The van der Waals surface area contributed by atoms with Crippen molar-refractivity contribution in [1.29, 1.82) is 0 Å². The molecule has 2 aromatic heterocycles. The van der Waals surface area contributed by atoms with E-state index >= 15 is 0 Å². The van der Waals surface area contributed by atoms with Gasteiger partial charge in [-0.3, -0.25) is 9.78 Å². The molecule has 0 fully saturated rings. The van der Waals surface area contributed by atoms with Crippen molar-refractivity contribution in [3.05, 3.63) is 77.6 Å². The summed E-state index contributed by atoms with van der Waals surface area (Å²) in [4.78, 5) is 17.7. The summed E-state index contributed by atoms with van der Waals surface area (Å²) >= 11 is 5.90. The Morgan fingerprint density at radius 2 is 1.76 bits per heavy atom. The predicted molar refractivity (Wildman–Crippen MR) is 96.1 cm³/mol. The van der Waals surface area contributed by atoms with Gasteiger partial charge in [0.25, 0.3) is 5.91 Å². The third kappa shape index (κ3) is 3.20. The van der Waals surface area contributed by atoms with Crippen LogP contribution in [-0.2, 0) is 0 Å². The van der Waals surface area contributed by atoms with Gasteiger partial charge in [0, 0.05) is 16.9 Å². The second-order valence-electron chi connectivity index (χ2n) is 5.34. The summed E-state index contributed by atoms with van der Waals surface area (Å²) in [5.74, 6) is -0.273. The minimum atomic E-state index is -0.273. The first kappa shape index (κ1) is 15.3. The highest BCUT2D eigenvalue weighted by Crippen LogP contribution is 2.19. The van der Waals surface area contributed by atoms with Crippen molar-refractivity contribution < 1.29 is 4.79 Å². The molecule has 4 rings (SSSR count). The van der Waals surface area contributed by atoms with Crippen molar-refractivity contribution in [1.82, 2.24) is 20.0 Å². The predicted octanol–water partition coefficient (Wildman–Crippen LogP) is 3.72. The number of pyridine rings is 1. The Balaban J connectivity index is 1.62. The van der Waals surface area contributed by atoms with Crippen LogP contribution in [0.15, 0.2) is 66.9 Å². The van der Waals surface area contributed by atoms with Crippen LogP contribution in [0, 0.1) is 0 Å². The summed E-state index contributed by atoms with van der Waals surface area (Å²) in [6.07, 6.45) is 1.58. The van der Waals surface area contributed by atoms with Crippen LogP contribution in [0.5, 0.6) is 0 Å². The lowest BCUT2D eigenvalue weighted by Gasteiger charge is -2.03. The van der Waals surface area contributed by atoms with Crippen molar-refractivity contribution in [2.24, 2.45) is 0 Å². The summed E-state index contributed by atoms with van der Waals surface area (Å²) in [6, 6.07) is 17.8. The zero-order valence-electron chi connectivity index (χ0n) is 12.9.